The van der Waals surface area contributed by atoms with Crippen molar-refractivity contribution in [3.05, 3.63) is 45.6 Å². The molecule has 2 aromatic rings. The van der Waals surface area contributed by atoms with Crippen molar-refractivity contribution < 1.29 is 23.8 Å². The maximum absolute atomic E-state index is 13.0. The second kappa shape index (κ2) is 5.83. The van der Waals surface area contributed by atoms with Crippen LogP contribution < -0.4 is 9.47 Å². The summed E-state index contributed by atoms with van der Waals surface area (Å²) in [6.45, 7) is 0.625. The molecule has 0 N–H and O–H groups in total. The highest BCUT2D eigenvalue weighted by molar-refractivity contribution is 7.10. The van der Waals surface area contributed by atoms with E-state index in [1.807, 2.05) is 11.4 Å². The van der Waals surface area contributed by atoms with Crippen LogP contribution in [-0.2, 0) is 16.0 Å². The number of hydrogen-bond donors (Lipinski definition) is 0. The number of ether oxygens (including phenoxy) is 3. The molecule has 1 aromatic carbocycles. The van der Waals surface area contributed by atoms with Gasteiger partial charge in [0.25, 0.3) is 5.91 Å². The first-order chi connectivity index (χ1) is 11.7. The van der Waals surface area contributed by atoms with E-state index in [2.05, 4.69) is 0 Å². The smallest absolute Gasteiger partial charge is 0.333 e. The molecule has 124 valence electrons. The third kappa shape index (κ3) is 2.32. The average Bonchev–Trinajstić information content (AvgIpc) is 3.27. The molecule has 0 spiro atoms. The van der Waals surface area contributed by atoms with Crippen LogP contribution >= 0.6 is 11.3 Å². The van der Waals surface area contributed by atoms with Crippen LogP contribution in [0.25, 0.3) is 0 Å². The zero-order chi connectivity index (χ0) is 16.7. The van der Waals surface area contributed by atoms with Gasteiger partial charge in [0.05, 0.1) is 7.11 Å². The first-order valence-corrected chi connectivity index (χ1v) is 8.41. The van der Waals surface area contributed by atoms with E-state index in [1.165, 1.54) is 7.11 Å². The van der Waals surface area contributed by atoms with Crippen LogP contribution in [0.2, 0.25) is 0 Å². The molecular weight excluding hydrogens is 330 g/mol. The molecule has 0 radical (unpaired) electrons. The van der Waals surface area contributed by atoms with E-state index in [9.17, 15) is 9.59 Å². The largest absolute Gasteiger partial charge is 0.467 e. The minimum atomic E-state index is -0.706. The summed E-state index contributed by atoms with van der Waals surface area (Å²) >= 11 is 1.60. The lowest BCUT2D eigenvalue weighted by molar-refractivity contribution is -0.146. The Morgan fingerprint density at radius 2 is 2.08 bits per heavy atom. The van der Waals surface area contributed by atoms with Crippen molar-refractivity contribution in [3.8, 4) is 11.5 Å². The molecule has 0 fully saturated rings. The van der Waals surface area contributed by atoms with Gasteiger partial charge in [0.1, 0.15) is 0 Å². The van der Waals surface area contributed by atoms with Gasteiger partial charge in [-0.3, -0.25) is 4.79 Å². The number of carbonyl (C=O) groups excluding carboxylic acids is 2. The highest BCUT2D eigenvalue weighted by Gasteiger charge is 2.38. The maximum atomic E-state index is 13.0. The van der Waals surface area contributed by atoms with E-state index < -0.39 is 12.0 Å². The van der Waals surface area contributed by atoms with Gasteiger partial charge in [0.2, 0.25) is 6.79 Å². The van der Waals surface area contributed by atoms with E-state index >= 15 is 0 Å². The van der Waals surface area contributed by atoms with Crippen molar-refractivity contribution in [1.82, 2.24) is 4.90 Å². The van der Waals surface area contributed by atoms with E-state index in [0.29, 0.717) is 23.6 Å². The predicted octanol–water partition coefficient (Wildman–Crippen LogP) is 2.39. The number of esters is 1. The lowest BCUT2D eigenvalue weighted by atomic mass is 9.98. The van der Waals surface area contributed by atoms with Crippen molar-refractivity contribution in [2.45, 2.75) is 12.5 Å². The fraction of sp³-hybridized carbons (Fsp3) is 0.294. The number of thiophene rings is 1. The van der Waals surface area contributed by atoms with Crippen LogP contribution in [0.15, 0.2) is 29.6 Å². The van der Waals surface area contributed by atoms with Crippen molar-refractivity contribution in [2.75, 3.05) is 20.4 Å². The Bertz CT molecular complexity index is 815. The second-order valence-corrected chi connectivity index (χ2v) is 6.54. The highest BCUT2D eigenvalue weighted by Crippen LogP contribution is 2.37. The van der Waals surface area contributed by atoms with Gasteiger partial charge in [-0.25, -0.2) is 4.79 Å². The molecular formula is C17H15NO5S. The van der Waals surface area contributed by atoms with Crippen molar-refractivity contribution in [2.24, 2.45) is 0 Å². The zero-order valence-electron chi connectivity index (χ0n) is 13.0. The molecule has 0 saturated heterocycles. The molecule has 6 nitrogen and oxygen atoms in total. The Morgan fingerprint density at radius 1 is 1.25 bits per heavy atom. The topological polar surface area (TPSA) is 65.1 Å². The molecule has 2 aliphatic heterocycles. The summed E-state index contributed by atoms with van der Waals surface area (Å²) in [5.74, 6) is 0.516. The summed E-state index contributed by atoms with van der Waals surface area (Å²) in [6.07, 6.45) is 0.733. The number of methoxy groups -OCH3 is 1. The van der Waals surface area contributed by atoms with Crippen LogP contribution in [0.5, 0.6) is 11.5 Å². The molecule has 7 heteroatoms. The Hall–Kier alpha value is -2.54. The number of hydrogen-bond acceptors (Lipinski definition) is 6. The van der Waals surface area contributed by atoms with Crippen LogP contribution in [0, 0.1) is 0 Å². The quantitative estimate of drug-likeness (QED) is 0.782. The number of amides is 1. The molecule has 3 heterocycles. The van der Waals surface area contributed by atoms with Gasteiger partial charge in [0, 0.05) is 17.0 Å². The lowest BCUT2D eigenvalue weighted by Crippen LogP contribution is -2.43. The third-order valence-corrected chi connectivity index (χ3v) is 5.27. The molecule has 2 aliphatic rings. The van der Waals surface area contributed by atoms with Crippen molar-refractivity contribution in [3.63, 3.8) is 0 Å². The first kappa shape index (κ1) is 15.0. The molecule has 0 unspecified atom stereocenters. The summed E-state index contributed by atoms with van der Waals surface area (Å²) in [6, 6.07) is 6.24. The summed E-state index contributed by atoms with van der Waals surface area (Å²) in [5.41, 5.74) is 1.32. The predicted molar refractivity (Wildman–Crippen MR) is 86.4 cm³/mol. The van der Waals surface area contributed by atoms with Crippen molar-refractivity contribution >= 4 is 23.2 Å². The van der Waals surface area contributed by atoms with E-state index in [4.69, 9.17) is 14.2 Å². The van der Waals surface area contributed by atoms with Gasteiger partial charge in [-0.15, -0.1) is 11.3 Å². The maximum Gasteiger partial charge on any atom is 0.333 e. The summed E-state index contributed by atoms with van der Waals surface area (Å²) in [4.78, 5) is 28.0. The van der Waals surface area contributed by atoms with Crippen LogP contribution in [0.1, 0.15) is 26.8 Å². The molecule has 0 bridgehead atoms. The average molecular weight is 345 g/mol. The SMILES string of the molecule is COC(=O)[C@H]1c2ccsc2CCN1C(=O)c1ccc2c(c1)OCO2. The summed E-state index contributed by atoms with van der Waals surface area (Å²) in [7, 11) is 1.34. The van der Waals surface area contributed by atoms with Crippen LogP contribution in [-0.4, -0.2) is 37.2 Å². The van der Waals surface area contributed by atoms with Gasteiger partial charge < -0.3 is 19.1 Å². The zero-order valence-corrected chi connectivity index (χ0v) is 13.8. The minimum Gasteiger partial charge on any atom is -0.467 e. The van der Waals surface area contributed by atoms with Crippen LogP contribution in [0.3, 0.4) is 0 Å². The number of rotatable bonds is 2. The van der Waals surface area contributed by atoms with Gasteiger partial charge in [-0.2, -0.15) is 0 Å². The van der Waals surface area contributed by atoms with Gasteiger partial charge in [-0.05, 0) is 41.6 Å². The fourth-order valence-electron chi connectivity index (χ4n) is 3.10. The highest BCUT2D eigenvalue weighted by atomic mass is 32.1. The standard InChI is InChI=1S/C17H15NO5S/c1-21-17(20)15-11-5-7-24-14(11)4-6-18(15)16(19)10-2-3-12-13(8-10)23-9-22-12/h2-3,5,7-8,15H,4,6,9H2,1H3/t15-/m1/s1. The normalized spacial score (nSPS) is 18.2. The molecule has 1 aromatic heterocycles. The fourth-order valence-corrected chi connectivity index (χ4v) is 4.00. The molecule has 0 aliphatic carbocycles. The number of carbonyl (C=O) groups is 2. The van der Waals surface area contributed by atoms with E-state index in [-0.39, 0.29) is 12.7 Å². The monoisotopic (exact) mass is 345 g/mol. The Kier molecular flexibility index (Phi) is 3.65. The molecule has 4 rings (SSSR count). The third-order valence-electron chi connectivity index (χ3n) is 4.27. The number of benzene rings is 1. The summed E-state index contributed by atoms with van der Waals surface area (Å²) in [5, 5.41) is 1.94. The molecule has 0 saturated carbocycles. The first-order valence-electron chi connectivity index (χ1n) is 7.54. The molecule has 24 heavy (non-hydrogen) atoms. The Balaban J connectivity index is 1.69. The van der Waals surface area contributed by atoms with Gasteiger partial charge >= 0.3 is 5.97 Å². The van der Waals surface area contributed by atoms with E-state index in [1.54, 1.807) is 34.4 Å². The Morgan fingerprint density at radius 3 is 2.92 bits per heavy atom. The van der Waals surface area contributed by atoms with E-state index in [0.717, 1.165) is 16.9 Å². The Labute approximate surface area is 142 Å². The van der Waals surface area contributed by atoms with Crippen molar-refractivity contribution in [1.29, 1.82) is 0 Å². The van der Waals surface area contributed by atoms with Gasteiger partial charge in [0.15, 0.2) is 17.5 Å². The summed E-state index contributed by atoms with van der Waals surface area (Å²) < 4.78 is 15.5. The second-order valence-electron chi connectivity index (χ2n) is 5.54. The molecule has 1 atom stereocenters. The van der Waals surface area contributed by atoms with Gasteiger partial charge in [-0.1, -0.05) is 0 Å². The lowest BCUT2D eigenvalue weighted by Gasteiger charge is -2.34. The number of fused-ring (bicyclic) bond motifs is 2. The van der Waals surface area contributed by atoms with Crippen LogP contribution in [0.4, 0.5) is 0 Å². The molecule has 1 amide bonds. The minimum absolute atomic E-state index is 0.153. The number of nitrogens with zero attached hydrogens (tertiary/aromatic N) is 1.